The Labute approximate surface area is 219 Å². The van der Waals surface area contributed by atoms with Gasteiger partial charge in [0.1, 0.15) is 31.2 Å². The number of amides is 1. The van der Waals surface area contributed by atoms with Gasteiger partial charge in [0.25, 0.3) is 0 Å². The van der Waals surface area contributed by atoms with Crippen LogP contribution in [0.25, 0.3) is 10.9 Å². The number of hydrogen-bond acceptors (Lipinski definition) is 7. The Morgan fingerprint density at radius 3 is 2.84 bits per heavy atom. The van der Waals surface area contributed by atoms with E-state index in [2.05, 4.69) is 20.6 Å². The molecular formula is C27H30ClFN4O4. The summed E-state index contributed by atoms with van der Waals surface area (Å²) in [6.07, 6.45) is 2.21. The van der Waals surface area contributed by atoms with Gasteiger partial charge < -0.3 is 20.1 Å². The molecule has 0 spiro atoms. The van der Waals surface area contributed by atoms with Crippen molar-refractivity contribution < 1.29 is 23.5 Å². The fourth-order valence-electron chi connectivity index (χ4n) is 4.24. The van der Waals surface area contributed by atoms with Crippen molar-refractivity contribution in [1.29, 1.82) is 0 Å². The minimum absolute atomic E-state index is 0.00362. The first-order valence-electron chi connectivity index (χ1n) is 12.3. The third-order valence-corrected chi connectivity index (χ3v) is 6.45. The Kier molecular flexibility index (Phi) is 8.76. The normalized spacial score (nSPS) is 17.1. The third kappa shape index (κ3) is 6.65. The number of alkyl halides is 1. The molecule has 1 atom stereocenters. The van der Waals surface area contributed by atoms with Crippen LogP contribution in [0.3, 0.4) is 0 Å². The van der Waals surface area contributed by atoms with E-state index in [0.29, 0.717) is 51.9 Å². The molecule has 0 aliphatic carbocycles. The summed E-state index contributed by atoms with van der Waals surface area (Å²) in [7, 11) is 0. The molecule has 0 unspecified atom stereocenters. The highest BCUT2D eigenvalue weighted by Gasteiger charge is 2.25. The molecule has 0 fully saturated rings. The molecule has 2 bridgehead atoms. The van der Waals surface area contributed by atoms with Crippen LogP contribution in [0.4, 0.5) is 15.9 Å². The fourth-order valence-corrected chi connectivity index (χ4v) is 4.41. The van der Waals surface area contributed by atoms with Gasteiger partial charge in [0.2, 0.25) is 5.91 Å². The van der Waals surface area contributed by atoms with Crippen LogP contribution in [0.5, 0.6) is 11.5 Å². The number of ketones is 1. The molecule has 0 radical (unpaired) electrons. The Bertz CT molecular complexity index is 1290. The molecule has 0 saturated heterocycles. The van der Waals surface area contributed by atoms with Gasteiger partial charge in [-0.1, -0.05) is 31.5 Å². The Hall–Kier alpha value is -3.46. The van der Waals surface area contributed by atoms with Gasteiger partial charge in [-0.3, -0.25) is 9.59 Å². The number of ether oxygens (including phenoxy) is 2. The maximum absolute atomic E-state index is 13.1. The zero-order valence-corrected chi connectivity index (χ0v) is 21.6. The number of Topliss-reactive ketones (excluding diaryl/α,β-unsaturated/α-hetero) is 1. The van der Waals surface area contributed by atoms with Gasteiger partial charge in [-0.05, 0) is 36.1 Å². The minimum atomic E-state index is -0.645. The van der Waals surface area contributed by atoms with E-state index in [1.165, 1.54) is 6.33 Å². The molecule has 1 amide bonds. The zero-order valence-electron chi connectivity index (χ0n) is 20.9. The van der Waals surface area contributed by atoms with Gasteiger partial charge in [-0.2, -0.15) is 0 Å². The second-order valence-corrected chi connectivity index (χ2v) is 9.70. The van der Waals surface area contributed by atoms with Crippen molar-refractivity contribution in [2.45, 2.75) is 33.1 Å². The van der Waals surface area contributed by atoms with Gasteiger partial charge in [0.05, 0.1) is 12.1 Å². The molecule has 37 heavy (non-hydrogen) atoms. The van der Waals surface area contributed by atoms with Crippen LogP contribution in [-0.2, 0) is 16.0 Å². The van der Waals surface area contributed by atoms with Crippen LogP contribution in [0.1, 0.15) is 32.3 Å². The molecule has 2 aromatic carbocycles. The van der Waals surface area contributed by atoms with Gasteiger partial charge in [0, 0.05) is 47.5 Å². The van der Waals surface area contributed by atoms with Crippen LogP contribution >= 0.6 is 11.6 Å². The minimum Gasteiger partial charge on any atom is -0.490 e. The monoisotopic (exact) mass is 527 g/mol. The molecule has 1 aliphatic heterocycles. The molecule has 1 aliphatic rings. The van der Waals surface area contributed by atoms with E-state index in [0.717, 1.165) is 5.56 Å². The predicted molar refractivity (Wildman–Crippen MR) is 141 cm³/mol. The molecule has 2 heterocycles. The number of rotatable bonds is 4. The quantitative estimate of drug-likeness (QED) is 0.489. The maximum Gasteiger partial charge on any atom is 0.223 e. The molecule has 3 aromatic rings. The van der Waals surface area contributed by atoms with Crippen LogP contribution in [0.2, 0.25) is 5.02 Å². The average Bonchev–Trinajstić information content (AvgIpc) is 2.87. The van der Waals surface area contributed by atoms with Crippen molar-refractivity contribution in [1.82, 2.24) is 15.3 Å². The summed E-state index contributed by atoms with van der Waals surface area (Å²) in [4.78, 5) is 34.7. The second-order valence-electron chi connectivity index (χ2n) is 9.27. The summed E-state index contributed by atoms with van der Waals surface area (Å²) < 4.78 is 24.4. The number of halogens is 2. The van der Waals surface area contributed by atoms with Crippen molar-refractivity contribution >= 4 is 45.7 Å². The van der Waals surface area contributed by atoms with Gasteiger partial charge >= 0.3 is 0 Å². The summed E-state index contributed by atoms with van der Waals surface area (Å²) in [6.45, 7) is 3.78. The third-order valence-electron chi connectivity index (χ3n) is 6.22. The first-order chi connectivity index (χ1) is 17.9. The Morgan fingerprint density at radius 2 is 2.05 bits per heavy atom. The van der Waals surface area contributed by atoms with Crippen LogP contribution in [-0.4, -0.2) is 48.1 Å². The summed E-state index contributed by atoms with van der Waals surface area (Å²) in [6, 6.07) is 8.67. The Morgan fingerprint density at radius 1 is 1.22 bits per heavy atom. The number of nitrogens with one attached hydrogen (secondary N) is 2. The number of fused-ring (bicyclic) bond motifs is 2. The van der Waals surface area contributed by atoms with E-state index in [1.54, 1.807) is 30.3 Å². The number of nitrogens with zero attached hydrogens (tertiary/aromatic N) is 2. The fraction of sp³-hybridized carbons (Fsp3) is 0.407. The topological polar surface area (TPSA) is 102 Å². The van der Waals surface area contributed by atoms with Gasteiger partial charge in [0.15, 0.2) is 11.5 Å². The van der Waals surface area contributed by atoms with E-state index in [9.17, 15) is 14.0 Å². The smallest absolute Gasteiger partial charge is 0.223 e. The molecule has 196 valence electrons. The van der Waals surface area contributed by atoms with Crippen molar-refractivity contribution in [3.8, 4) is 11.5 Å². The summed E-state index contributed by atoms with van der Waals surface area (Å²) in [5, 5.41) is 7.37. The lowest BCUT2D eigenvalue weighted by atomic mass is 9.88. The van der Waals surface area contributed by atoms with E-state index < -0.39 is 12.6 Å². The lowest BCUT2D eigenvalue weighted by Gasteiger charge is -2.20. The van der Waals surface area contributed by atoms with Crippen molar-refractivity contribution in [2.75, 3.05) is 31.7 Å². The first kappa shape index (κ1) is 26.6. The zero-order chi connectivity index (χ0) is 26.4. The van der Waals surface area contributed by atoms with Crippen LogP contribution < -0.4 is 20.1 Å². The van der Waals surface area contributed by atoms with E-state index in [4.69, 9.17) is 21.1 Å². The number of hydrogen-bond donors (Lipinski definition) is 2. The lowest BCUT2D eigenvalue weighted by molar-refractivity contribution is -0.130. The molecule has 0 saturated carbocycles. The SMILES string of the molecule is CC(C)[C@@H]1CC(=O)Cc2ccc(Cl)cc2Nc2ncnc3cc(OCC[18F])c(cc23)OCCCNC1=O. The highest BCUT2D eigenvalue weighted by Crippen LogP contribution is 2.36. The van der Waals surface area contributed by atoms with Crippen LogP contribution in [0, 0.1) is 11.8 Å². The van der Waals surface area contributed by atoms with Gasteiger partial charge in [-0.15, -0.1) is 0 Å². The summed E-state index contributed by atoms with van der Waals surface area (Å²) in [5.41, 5.74) is 1.92. The number of benzene rings is 2. The summed E-state index contributed by atoms with van der Waals surface area (Å²) in [5.74, 6) is 0.626. The van der Waals surface area contributed by atoms with E-state index in [1.807, 2.05) is 13.8 Å². The maximum atomic E-state index is 13.1. The second kappa shape index (κ2) is 12.2. The molecule has 8 nitrogen and oxygen atoms in total. The lowest BCUT2D eigenvalue weighted by Crippen LogP contribution is -2.36. The highest BCUT2D eigenvalue weighted by atomic mass is 35.5. The average molecular weight is 528 g/mol. The van der Waals surface area contributed by atoms with Gasteiger partial charge in [-0.25, -0.2) is 14.4 Å². The molecule has 2 N–H and O–H groups in total. The largest absolute Gasteiger partial charge is 0.490 e. The first-order valence-corrected chi connectivity index (χ1v) is 12.7. The van der Waals surface area contributed by atoms with Crippen molar-refractivity contribution in [3.63, 3.8) is 0 Å². The van der Waals surface area contributed by atoms with E-state index in [-0.39, 0.29) is 43.7 Å². The molecule has 10 heteroatoms. The number of carbonyl (C=O) groups excluding carboxylic acids is 2. The Balaban J connectivity index is 1.77. The number of carbonyl (C=O) groups is 2. The molecular weight excluding hydrogens is 498 g/mol. The van der Waals surface area contributed by atoms with E-state index >= 15 is 0 Å². The van der Waals surface area contributed by atoms with Crippen molar-refractivity contribution in [2.24, 2.45) is 11.8 Å². The molecule has 4 rings (SSSR count). The number of anilines is 2. The standard InChI is InChI=1S/C27H30ClFN4O4/c1-16(2)20-12-19(34)10-17-4-5-18(28)11-22(17)33-26-21-13-24(36-8-3-7-30-27(20)35)25(37-9-6-29)14-23(21)31-15-32-26/h4-5,11,13-16,20H,3,6-10,12H2,1-2H3,(H,30,35)(H,31,32,33)/t20-/m0/s1/i29-1. The van der Waals surface area contributed by atoms with Crippen LogP contribution in [0.15, 0.2) is 36.7 Å². The summed E-state index contributed by atoms with van der Waals surface area (Å²) >= 11 is 6.29. The number of aromatic nitrogens is 2. The molecule has 1 aromatic heterocycles. The van der Waals surface area contributed by atoms with Crippen molar-refractivity contribution in [3.05, 3.63) is 47.2 Å². The predicted octanol–water partition coefficient (Wildman–Crippen LogP) is 5.05. The highest BCUT2D eigenvalue weighted by molar-refractivity contribution is 6.31.